The molecule has 1 aromatic heterocycles. The molecule has 0 aliphatic carbocycles. The highest BCUT2D eigenvalue weighted by atomic mass is 35.5. The van der Waals surface area contributed by atoms with Crippen LogP contribution in [0.15, 0.2) is 54.9 Å². The number of rotatable bonds is 8. The van der Waals surface area contributed by atoms with Crippen molar-refractivity contribution < 1.29 is 27.7 Å². The van der Waals surface area contributed by atoms with E-state index in [-0.39, 0.29) is 41.6 Å². The van der Waals surface area contributed by atoms with Gasteiger partial charge < -0.3 is 24.3 Å². The molecule has 1 atom stereocenters. The van der Waals surface area contributed by atoms with Gasteiger partial charge in [0.25, 0.3) is 0 Å². The van der Waals surface area contributed by atoms with Gasteiger partial charge in [0, 0.05) is 16.7 Å². The number of nitrogens with one attached hydrogen (secondary N) is 3. The Morgan fingerprint density at radius 1 is 1.31 bits per heavy atom. The van der Waals surface area contributed by atoms with E-state index < -0.39 is 17.4 Å². The fourth-order valence-electron chi connectivity index (χ4n) is 3.45. The summed E-state index contributed by atoms with van der Waals surface area (Å²) < 4.78 is 49.5. The van der Waals surface area contributed by atoms with Crippen molar-refractivity contribution in [3.8, 4) is 17.0 Å². The lowest BCUT2D eigenvalue weighted by atomic mass is 10.1. The third-order valence-electron chi connectivity index (χ3n) is 5.00. The Balaban J connectivity index is 1.57. The van der Waals surface area contributed by atoms with Crippen molar-refractivity contribution in [2.45, 2.75) is 25.7 Å². The van der Waals surface area contributed by atoms with E-state index in [4.69, 9.17) is 36.0 Å². The van der Waals surface area contributed by atoms with E-state index in [0.717, 1.165) is 12.1 Å². The molecule has 11 heteroatoms. The maximum absolute atomic E-state index is 14.0. The van der Waals surface area contributed by atoms with Crippen molar-refractivity contribution >= 4 is 23.3 Å². The van der Waals surface area contributed by atoms with E-state index in [9.17, 15) is 8.78 Å². The number of ether oxygens (including phenoxy) is 4. The zero-order valence-electron chi connectivity index (χ0n) is 19.0. The molecule has 0 amide bonds. The summed E-state index contributed by atoms with van der Waals surface area (Å²) in [6.07, 6.45) is -0.364. The minimum atomic E-state index is -0.898. The Morgan fingerprint density at radius 2 is 2.09 bits per heavy atom. The monoisotopic (exact) mass is 504 g/mol. The van der Waals surface area contributed by atoms with Crippen LogP contribution in [0.1, 0.15) is 19.4 Å². The van der Waals surface area contributed by atoms with E-state index in [0.29, 0.717) is 29.0 Å². The van der Waals surface area contributed by atoms with Crippen molar-refractivity contribution in [2.75, 3.05) is 18.5 Å². The lowest BCUT2D eigenvalue weighted by Gasteiger charge is -2.18. The summed E-state index contributed by atoms with van der Waals surface area (Å²) in [6, 6.07) is 9.90. The fourth-order valence-corrected chi connectivity index (χ4v) is 3.68. The molecule has 3 aromatic rings. The summed E-state index contributed by atoms with van der Waals surface area (Å²) in [5.41, 5.74) is 1.23. The van der Waals surface area contributed by atoms with Crippen LogP contribution in [0.2, 0.25) is 5.02 Å². The molecule has 1 aliphatic rings. The molecule has 3 N–H and O–H groups in total. The van der Waals surface area contributed by atoms with Crippen LogP contribution in [-0.2, 0) is 14.2 Å². The quantitative estimate of drug-likeness (QED) is 0.214. The topological polar surface area (TPSA) is 101 Å². The number of anilines is 1. The van der Waals surface area contributed by atoms with Gasteiger partial charge in [0.2, 0.25) is 5.90 Å². The zero-order chi connectivity index (χ0) is 25.2. The van der Waals surface area contributed by atoms with Gasteiger partial charge in [-0.15, -0.1) is 0 Å². The van der Waals surface area contributed by atoms with Gasteiger partial charge in [-0.05, 0) is 38.6 Å². The lowest BCUT2D eigenvalue weighted by molar-refractivity contribution is -0.141. The number of hydrogen-bond acceptors (Lipinski definition) is 7. The first-order chi connectivity index (χ1) is 16.6. The Labute approximate surface area is 205 Å². The van der Waals surface area contributed by atoms with Crippen molar-refractivity contribution in [2.24, 2.45) is 0 Å². The number of aromatic amines is 1. The van der Waals surface area contributed by atoms with E-state index in [2.05, 4.69) is 22.1 Å². The molecular formula is C24H23ClF2N4O4. The molecule has 35 heavy (non-hydrogen) atoms. The molecule has 4 rings (SSSR count). The van der Waals surface area contributed by atoms with Crippen LogP contribution in [0.5, 0.6) is 5.75 Å². The normalized spacial score (nSPS) is 16.7. The Bertz CT molecular complexity index is 1260. The van der Waals surface area contributed by atoms with Crippen LogP contribution in [0.3, 0.4) is 0 Å². The molecule has 184 valence electrons. The largest absolute Gasteiger partial charge is 0.475 e. The molecule has 0 bridgehead atoms. The number of benzene rings is 2. The predicted octanol–water partition coefficient (Wildman–Crippen LogP) is 5.46. The average molecular weight is 505 g/mol. The molecule has 2 aromatic carbocycles. The molecule has 2 heterocycles. The first-order valence-corrected chi connectivity index (χ1v) is 11.0. The predicted molar refractivity (Wildman–Crippen MR) is 126 cm³/mol. The lowest BCUT2D eigenvalue weighted by Crippen LogP contribution is -2.25. The van der Waals surface area contributed by atoms with Crippen LogP contribution in [0.25, 0.3) is 11.3 Å². The zero-order valence-corrected chi connectivity index (χ0v) is 19.7. The first kappa shape index (κ1) is 24.6. The molecule has 0 unspecified atom stereocenters. The van der Waals surface area contributed by atoms with Crippen LogP contribution >= 0.6 is 11.6 Å². The average Bonchev–Trinajstić information content (AvgIpc) is 3.37. The molecule has 8 nitrogen and oxygen atoms in total. The van der Waals surface area contributed by atoms with Crippen molar-refractivity contribution in [3.63, 3.8) is 0 Å². The van der Waals surface area contributed by atoms with Crippen LogP contribution < -0.4 is 10.1 Å². The number of halogens is 3. The van der Waals surface area contributed by atoms with Crippen molar-refractivity contribution in [3.05, 3.63) is 77.1 Å². The maximum atomic E-state index is 14.0. The smallest absolute Gasteiger partial charge is 0.219 e. The number of H-pyrrole nitrogens is 1. The highest BCUT2D eigenvalue weighted by Crippen LogP contribution is 2.33. The third kappa shape index (κ3) is 5.79. The number of hydrogen-bond donors (Lipinski definition) is 3. The summed E-state index contributed by atoms with van der Waals surface area (Å²) in [7, 11) is 0. The summed E-state index contributed by atoms with van der Waals surface area (Å²) in [5, 5.41) is 18.9. The maximum Gasteiger partial charge on any atom is 0.219 e. The highest BCUT2D eigenvalue weighted by Gasteiger charge is 2.33. The SMILES string of the molecule is C=C(Nc1n[nH]c(-c2ccccc2Cl)c1C(=N)OC[C@@H]1COC(C)(C)O1)Oc1ccc(F)cc1F. The second-order valence-corrected chi connectivity index (χ2v) is 8.53. The highest BCUT2D eigenvalue weighted by molar-refractivity contribution is 6.33. The van der Waals surface area contributed by atoms with Crippen molar-refractivity contribution in [1.82, 2.24) is 10.2 Å². The van der Waals surface area contributed by atoms with Gasteiger partial charge in [-0.1, -0.05) is 29.8 Å². The second kappa shape index (κ2) is 10.0. The van der Waals surface area contributed by atoms with Crippen LogP contribution in [0, 0.1) is 17.0 Å². The molecule has 1 fully saturated rings. The Hall–Kier alpha value is -3.47. The summed E-state index contributed by atoms with van der Waals surface area (Å²) in [6.45, 7) is 7.68. The minimum absolute atomic E-state index is 0.0626. The number of nitrogens with zero attached hydrogens (tertiary/aromatic N) is 1. The molecule has 1 saturated heterocycles. The van der Waals surface area contributed by atoms with Crippen LogP contribution in [0.4, 0.5) is 14.6 Å². The minimum Gasteiger partial charge on any atom is -0.475 e. The standard InChI is InChI=1S/C24H23ClF2N4O4/c1-13(34-19-9-8-14(26)10-18(19)27)29-23-20(21(30-31-23)16-6-4-5-7-17(16)25)22(28)32-11-15-12-33-24(2,3)35-15/h4-10,15,28H,1,11-12H2,2-3H3,(H2,29,30,31)/t15-/m1/s1. The first-order valence-electron chi connectivity index (χ1n) is 10.6. The van der Waals surface area contributed by atoms with Gasteiger partial charge in [-0.25, -0.2) is 8.78 Å². The van der Waals surface area contributed by atoms with Gasteiger partial charge in [0.15, 0.2) is 29.1 Å². The summed E-state index contributed by atoms with van der Waals surface area (Å²) >= 11 is 6.37. The Kier molecular flexibility index (Phi) is 7.06. The van der Waals surface area contributed by atoms with Gasteiger partial charge in [0.1, 0.15) is 24.1 Å². The molecule has 0 radical (unpaired) electrons. The van der Waals surface area contributed by atoms with Crippen LogP contribution in [-0.4, -0.2) is 41.2 Å². The fraction of sp³-hybridized carbons (Fsp3) is 0.250. The van der Waals surface area contributed by atoms with Gasteiger partial charge in [-0.3, -0.25) is 10.5 Å². The van der Waals surface area contributed by atoms with Gasteiger partial charge >= 0.3 is 0 Å². The Morgan fingerprint density at radius 3 is 2.77 bits per heavy atom. The van der Waals surface area contributed by atoms with E-state index in [1.807, 2.05) is 0 Å². The molecule has 0 saturated carbocycles. The van der Waals surface area contributed by atoms with E-state index in [1.54, 1.807) is 38.1 Å². The van der Waals surface area contributed by atoms with Gasteiger partial charge in [0.05, 0.1) is 12.3 Å². The summed E-state index contributed by atoms with van der Waals surface area (Å²) in [4.78, 5) is 0. The molecule has 1 aliphatic heterocycles. The van der Waals surface area contributed by atoms with E-state index in [1.165, 1.54) is 0 Å². The summed E-state index contributed by atoms with van der Waals surface area (Å²) in [5.74, 6) is -2.82. The van der Waals surface area contributed by atoms with Gasteiger partial charge in [-0.2, -0.15) is 5.10 Å². The second-order valence-electron chi connectivity index (χ2n) is 8.12. The number of aromatic nitrogens is 2. The molecule has 0 spiro atoms. The molecular weight excluding hydrogens is 482 g/mol. The van der Waals surface area contributed by atoms with E-state index >= 15 is 0 Å². The third-order valence-corrected chi connectivity index (χ3v) is 5.33. The van der Waals surface area contributed by atoms with Crippen molar-refractivity contribution in [1.29, 1.82) is 5.41 Å².